The maximum Gasteiger partial charge on any atom is 0.549 e. The molecule has 1 atom stereocenters. The number of halogens is 4. The molecule has 1 aliphatic heterocycles. The maximum atomic E-state index is 13.8. The highest BCUT2D eigenvalue weighted by Gasteiger charge is 2.60. The molecule has 0 bridgehead atoms. The number of carbonyl (C=O) groups excluding carboxylic acids is 2. The van der Waals surface area contributed by atoms with Crippen molar-refractivity contribution in [1.82, 2.24) is 0 Å². The first kappa shape index (κ1) is 26.0. The third-order valence-electron chi connectivity index (χ3n) is 4.21. The second-order valence-corrected chi connectivity index (χ2v) is 6.99. The van der Waals surface area contributed by atoms with Gasteiger partial charge in [0.05, 0.1) is 18.8 Å². The predicted molar refractivity (Wildman–Crippen MR) is 102 cm³/mol. The van der Waals surface area contributed by atoms with Gasteiger partial charge in [-0.3, -0.25) is 0 Å². The van der Waals surface area contributed by atoms with E-state index in [2.05, 4.69) is 19.3 Å². The Morgan fingerprint density at radius 3 is 2.48 bits per heavy atom. The van der Waals surface area contributed by atoms with E-state index >= 15 is 0 Å². The van der Waals surface area contributed by atoms with Crippen LogP contribution in [0.2, 0.25) is 5.02 Å². The number of benzene rings is 1. The van der Waals surface area contributed by atoms with Crippen molar-refractivity contribution in [3.63, 3.8) is 0 Å². The Balaban J connectivity index is 1.99. The molecule has 0 aromatic heterocycles. The number of hydrogen-bond acceptors (Lipinski definition) is 10. The minimum atomic E-state index is -5.04. The SMILES string of the molecule is Cc1cc(Cl)cc2c1OC(C)(C(F)(F)F)C(C(=O)OOC(=O)OCCOCCO[N+](=O)[O-])=C2. The van der Waals surface area contributed by atoms with Gasteiger partial charge in [-0.1, -0.05) is 11.6 Å². The van der Waals surface area contributed by atoms with E-state index in [0.717, 1.165) is 6.08 Å². The topological polar surface area (TPSA) is 133 Å². The fraction of sp³-hybridized carbons (Fsp3) is 0.444. The highest BCUT2D eigenvalue weighted by molar-refractivity contribution is 6.30. The van der Waals surface area contributed by atoms with E-state index in [1.54, 1.807) is 0 Å². The summed E-state index contributed by atoms with van der Waals surface area (Å²) in [5.41, 5.74) is -3.70. The van der Waals surface area contributed by atoms with Crippen LogP contribution in [0.15, 0.2) is 17.7 Å². The predicted octanol–water partition coefficient (Wildman–Crippen LogP) is 3.58. The zero-order valence-corrected chi connectivity index (χ0v) is 17.9. The van der Waals surface area contributed by atoms with Gasteiger partial charge in [-0.2, -0.15) is 18.0 Å². The van der Waals surface area contributed by atoms with Crippen LogP contribution in [0.25, 0.3) is 6.08 Å². The third kappa shape index (κ3) is 6.61. The standard InChI is InChI=1S/C18H17ClF3NO10/c1-10-7-12(19)8-11-9-13(17(2,18(20,21)22)31-14(10)11)15(24)32-33-16(25)29-5-3-28-4-6-30-23(26)27/h7-9H,3-6H2,1-2H3. The van der Waals surface area contributed by atoms with Crippen LogP contribution in [-0.4, -0.2) is 55.4 Å². The Hall–Kier alpha value is -3.26. The normalized spacial score (nSPS) is 17.2. The number of nitrogens with zero attached hydrogens (tertiary/aromatic N) is 1. The number of fused-ring (bicyclic) bond motifs is 1. The molecule has 1 aliphatic rings. The molecule has 33 heavy (non-hydrogen) atoms. The van der Waals surface area contributed by atoms with Gasteiger partial charge in [0, 0.05) is 10.6 Å². The van der Waals surface area contributed by atoms with Crippen molar-refractivity contribution in [1.29, 1.82) is 0 Å². The molecular formula is C18H17ClF3NO10. The van der Waals surface area contributed by atoms with Crippen molar-refractivity contribution in [2.24, 2.45) is 0 Å². The molecule has 0 aliphatic carbocycles. The molecule has 2 rings (SSSR count). The third-order valence-corrected chi connectivity index (χ3v) is 4.42. The second kappa shape index (κ2) is 10.6. The van der Waals surface area contributed by atoms with E-state index < -0.39 is 41.2 Å². The quantitative estimate of drug-likeness (QED) is 0.172. The van der Waals surface area contributed by atoms with Gasteiger partial charge in [0.1, 0.15) is 19.0 Å². The van der Waals surface area contributed by atoms with Gasteiger partial charge in [0.15, 0.2) is 0 Å². The molecule has 1 heterocycles. The number of ether oxygens (including phenoxy) is 3. The van der Waals surface area contributed by atoms with E-state index in [1.807, 2.05) is 0 Å². The first-order valence-electron chi connectivity index (χ1n) is 9.04. The van der Waals surface area contributed by atoms with Crippen LogP contribution in [0.4, 0.5) is 18.0 Å². The van der Waals surface area contributed by atoms with Crippen LogP contribution in [0, 0.1) is 17.0 Å². The van der Waals surface area contributed by atoms with Crippen molar-refractivity contribution in [3.05, 3.63) is 44.0 Å². The summed E-state index contributed by atoms with van der Waals surface area (Å²) in [4.78, 5) is 46.0. The average Bonchev–Trinajstić information content (AvgIpc) is 2.70. The molecule has 0 saturated heterocycles. The van der Waals surface area contributed by atoms with Crippen LogP contribution < -0.4 is 4.74 Å². The van der Waals surface area contributed by atoms with Gasteiger partial charge in [-0.05, 0) is 37.6 Å². The molecule has 1 aromatic rings. The molecule has 0 amide bonds. The van der Waals surface area contributed by atoms with Crippen LogP contribution in [-0.2, 0) is 28.9 Å². The maximum absolute atomic E-state index is 13.8. The first-order valence-corrected chi connectivity index (χ1v) is 9.41. The van der Waals surface area contributed by atoms with Crippen LogP contribution in [0.5, 0.6) is 5.75 Å². The molecule has 0 saturated carbocycles. The lowest BCUT2D eigenvalue weighted by atomic mass is 9.89. The molecule has 15 heteroatoms. The molecule has 0 N–H and O–H groups in total. The fourth-order valence-electron chi connectivity index (χ4n) is 2.62. The second-order valence-electron chi connectivity index (χ2n) is 6.55. The summed E-state index contributed by atoms with van der Waals surface area (Å²) in [6, 6.07) is 2.69. The van der Waals surface area contributed by atoms with Gasteiger partial charge in [-0.25, -0.2) is 14.6 Å². The molecule has 182 valence electrons. The number of aryl methyl sites for hydroxylation is 1. The van der Waals surface area contributed by atoms with Gasteiger partial charge in [-0.15, -0.1) is 10.1 Å². The minimum absolute atomic E-state index is 0.0921. The smallest absolute Gasteiger partial charge is 0.472 e. The minimum Gasteiger partial charge on any atom is -0.472 e. The summed E-state index contributed by atoms with van der Waals surface area (Å²) in [6.45, 7) is 0.950. The van der Waals surface area contributed by atoms with Gasteiger partial charge < -0.3 is 19.0 Å². The van der Waals surface area contributed by atoms with E-state index in [-0.39, 0.29) is 36.2 Å². The number of rotatable bonds is 8. The van der Waals surface area contributed by atoms with E-state index in [9.17, 15) is 32.9 Å². The van der Waals surface area contributed by atoms with Crippen molar-refractivity contribution < 1.29 is 56.7 Å². The van der Waals surface area contributed by atoms with Gasteiger partial charge in [0.2, 0.25) is 5.60 Å². The van der Waals surface area contributed by atoms with Crippen LogP contribution in [0.3, 0.4) is 0 Å². The molecule has 1 aromatic carbocycles. The van der Waals surface area contributed by atoms with Crippen molar-refractivity contribution >= 4 is 29.8 Å². The lowest BCUT2D eigenvalue weighted by molar-refractivity contribution is -0.758. The molecule has 0 radical (unpaired) electrons. The Labute approximate surface area is 188 Å². The summed E-state index contributed by atoms with van der Waals surface area (Å²) in [6.07, 6.45) is -5.71. The Bertz CT molecular complexity index is 952. The molecule has 0 spiro atoms. The highest BCUT2D eigenvalue weighted by Crippen LogP contribution is 2.47. The van der Waals surface area contributed by atoms with Crippen molar-refractivity contribution in [3.8, 4) is 5.75 Å². The van der Waals surface area contributed by atoms with Crippen LogP contribution in [0.1, 0.15) is 18.1 Å². The summed E-state index contributed by atoms with van der Waals surface area (Å²) >= 11 is 5.92. The Kier molecular flexibility index (Phi) is 8.33. The van der Waals surface area contributed by atoms with Crippen molar-refractivity contribution in [2.75, 3.05) is 26.4 Å². The average molecular weight is 500 g/mol. The molecule has 11 nitrogen and oxygen atoms in total. The van der Waals surface area contributed by atoms with Crippen LogP contribution >= 0.6 is 11.6 Å². The summed E-state index contributed by atoms with van der Waals surface area (Å²) in [5.74, 6) is -1.78. The molecule has 0 fully saturated rings. The summed E-state index contributed by atoms with van der Waals surface area (Å²) in [7, 11) is 0. The van der Waals surface area contributed by atoms with E-state index in [4.69, 9.17) is 21.1 Å². The Morgan fingerprint density at radius 1 is 1.18 bits per heavy atom. The number of carbonyl (C=O) groups is 2. The lowest BCUT2D eigenvalue weighted by Crippen LogP contribution is -2.52. The lowest BCUT2D eigenvalue weighted by Gasteiger charge is -2.37. The fourth-order valence-corrected chi connectivity index (χ4v) is 2.90. The number of hydrogen-bond donors (Lipinski definition) is 0. The summed E-state index contributed by atoms with van der Waals surface area (Å²) < 4.78 is 55.8. The zero-order chi connectivity index (χ0) is 24.8. The highest BCUT2D eigenvalue weighted by atomic mass is 35.5. The van der Waals surface area contributed by atoms with Gasteiger partial charge >= 0.3 is 18.3 Å². The van der Waals surface area contributed by atoms with Crippen molar-refractivity contribution in [2.45, 2.75) is 25.6 Å². The zero-order valence-electron chi connectivity index (χ0n) is 17.1. The number of alkyl halides is 3. The van der Waals surface area contributed by atoms with E-state index in [1.165, 1.54) is 19.1 Å². The molecular weight excluding hydrogens is 483 g/mol. The summed E-state index contributed by atoms with van der Waals surface area (Å²) in [5, 5.41) is 9.10. The molecule has 1 unspecified atom stereocenters. The monoisotopic (exact) mass is 499 g/mol. The van der Waals surface area contributed by atoms with Gasteiger partial charge in [0.25, 0.3) is 5.09 Å². The largest absolute Gasteiger partial charge is 0.549 e. The Morgan fingerprint density at radius 2 is 1.85 bits per heavy atom. The van der Waals surface area contributed by atoms with E-state index in [0.29, 0.717) is 12.5 Å². The first-order chi connectivity index (χ1) is 15.3.